The van der Waals surface area contributed by atoms with Gasteiger partial charge in [0.15, 0.2) is 0 Å². The van der Waals surface area contributed by atoms with Crippen LogP contribution in [0.1, 0.15) is 18.4 Å². The van der Waals surface area contributed by atoms with Gasteiger partial charge in [-0.05, 0) is 50.0 Å². The number of sulfonamides is 1. The third-order valence-electron chi connectivity index (χ3n) is 3.33. The number of hydrogen-bond donors (Lipinski definition) is 2. The van der Waals surface area contributed by atoms with E-state index in [1.54, 1.807) is 0 Å². The van der Waals surface area contributed by atoms with Gasteiger partial charge in [-0.3, -0.25) is 0 Å². The van der Waals surface area contributed by atoms with Gasteiger partial charge in [-0.25, -0.2) is 13.1 Å². The van der Waals surface area contributed by atoms with Crippen LogP contribution in [-0.2, 0) is 10.0 Å². The highest BCUT2D eigenvalue weighted by molar-refractivity contribution is 7.89. The molecule has 0 aliphatic carbocycles. The van der Waals surface area contributed by atoms with Gasteiger partial charge in [0.2, 0.25) is 10.0 Å². The minimum atomic E-state index is -3.58. The van der Waals surface area contributed by atoms with Crippen LogP contribution in [0.3, 0.4) is 0 Å². The third kappa shape index (κ3) is 4.83. The van der Waals surface area contributed by atoms with Gasteiger partial charge >= 0.3 is 0 Å². The lowest BCUT2D eigenvalue weighted by atomic mass is 10.0. The van der Waals surface area contributed by atoms with Gasteiger partial charge in [-0.15, -0.1) is 12.4 Å². The second-order valence-electron chi connectivity index (χ2n) is 4.82. The van der Waals surface area contributed by atoms with Crippen LogP contribution in [0.2, 0.25) is 5.02 Å². The highest BCUT2D eigenvalue weighted by atomic mass is 35.5. The van der Waals surface area contributed by atoms with Crippen molar-refractivity contribution in [3.63, 3.8) is 0 Å². The predicted molar refractivity (Wildman–Crippen MR) is 84.2 cm³/mol. The van der Waals surface area contributed by atoms with Crippen LogP contribution < -0.4 is 10.0 Å². The average molecular weight is 350 g/mol. The Kier molecular flexibility index (Phi) is 6.91. The standard InChI is InChI=1S/C13H16ClN3O2S.ClH/c14-13-6-12(4-3-11(13)7-15)20(18,19)17-9-10-2-1-5-16-8-10;/h3-4,6,10,16-17H,1-2,5,8-9H2;1H. The monoisotopic (exact) mass is 349 g/mol. The first kappa shape index (κ1) is 18.2. The summed E-state index contributed by atoms with van der Waals surface area (Å²) in [4.78, 5) is 0.0882. The highest BCUT2D eigenvalue weighted by Crippen LogP contribution is 2.20. The summed E-state index contributed by atoms with van der Waals surface area (Å²) in [5, 5.41) is 12.2. The van der Waals surface area contributed by atoms with Gasteiger partial charge in [0.05, 0.1) is 15.5 Å². The third-order valence-corrected chi connectivity index (χ3v) is 5.07. The zero-order chi connectivity index (χ0) is 14.6. The molecule has 1 aromatic rings. The van der Waals surface area contributed by atoms with E-state index in [0.717, 1.165) is 25.9 Å². The van der Waals surface area contributed by atoms with Crippen LogP contribution in [-0.4, -0.2) is 28.1 Å². The van der Waals surface area contributed by atoms with Gasteiger partial charge in [0.25, 0.3) is 0 Å². The lowest BCUT2D eigenvalue weighted by molar-refractivity contribution is 0.376. The van der Waals surface area contributed by atoms with E-state index in [1.807, 2.05) is 6.07 Å². The van der Waals surface area contributed by atoms with Crippen LogP contribution >= 0.6 is 24.0 Å². The summed E-state index contributed by atoms with van der Waals surface area (Å²) in [6, 6.07) is 6.02. The largest absolute Gasteiger partial charge is 0.316 e. The molecule has 1 aliphatic heterocycles. The summed E-state index contributed by atoms with van der Waals surface area (Å²) in [5.41, 5.74) is 0.266. The maximum absolute atomic E-state index is 12.2. The van der Waals surface area contributed by atoms with Crippen molar-refractivity contribution < 1.29 is 8.42 Å². The second kappa shape index (κ2) is 7.97. The lowest BCUT2D eigenvalue weighted by Gasteiger charge is -2.22. The van der Waals surface area contributed by atoms with E-state index < -0.39 is 10.0 Å². The first-order valence-corrected chi connectivity index (χ1v) is 8.29. The molecule has 21 heavy (non-hydrogen) atoms. The normalized spacial score (nSPS) is 18.6. The molecule has 0 amide bonds. The molecule has 2 N–H and O–H groups in total. The van der Waals surface area contributed by atoms with E-state index in [9.17, 15) is 8.42 Å². The van der Waals surface area contributed by atoms with Crippen LogP contribution in [0.4, 0.5) is 0 Å². The van der Waals surface area contributed by atoms with Crippen molar-refractivity contribution >= 4 is 34.0 Å². The zero-order valence-electron chi connectivity index (χ0n) is 11.3. The molecule has 0 spiro atoms. The van der Waals surface area contributed by atoms with Crippen molar-refractivity contribution in [2.45, 2.75) is 17.7 Å². The molecule has 5 nitrogen and oxygen atoms in total. The van der Waals surface area contributed by atoms with E-state index in [1.165, 1.54) is 18.2 Å². The van der Waals surface area contributed by atoms with Crippen molar-refractivity contribution in [3.8, 4) is 6.07 Å². The Morgan fingerprint density at radius 1 is 1.48 bits per heavy atom. The first-order chi connectivity index (χ1) is 9.53. The molecule has 1 saturated heterocycles. The number of nitriles is 1. The second-order valence-corrected chi connectivity index (χ2v) is 6.99. The zero-order valence-corrected chi connectivity index (χ0v) is 13.7. The molecular weight excluding hydrogens is 333 g/mol. The number of nitrogens with one attached hydrogen (secondary N) is 2. The summed E-state index contributed by atoms with van der Waals surface area (Å²) in [6.07, 6.45) is 2.08. The maximum Gasteiger partial charge on any atom is 0.240 e. The molecule has 0 bridgehead atoms. The van der Waals surface area contributed by atoms with Gasteiger partial charge in [-0.1, -0.05) is 11.6 Å². The van der Waals surface area contributed by atoms with Gasteiger partial charge in [0, 0.05) is 6.54 Å². The summed E-state index contributed by atoms with van der Waals surface area (Å²) < 4.78 is 26.9. The SMILES string of the molecule is Cl.N#Cc1ccc(S(=O)(=O)NCC2CCCNC2)cc1Cl. The average Bonchev–Trinajstić information content (AvgIpc) is 2.46. The smallest absolute Gasteiger partial charge is 0.240 e. The topological polar surface area (TPSA) is 82.0 Å². The molecule has 0 saturated carbocycles. The molecule has 1 aromatic carbocycles. The summed E-state index contributed by atoms with van der Waals surface area (Å²) in [5.74, 6) is 0.312. The molecule has 116 valence electrons. The minimum Gasteiger partial charge on any atom is -0.316 e. The fourth-order valence-corrected chi connectivity index (χ4v) is 3.59. The van der Waals surface area contributed by atoms with E-state index in [-0.39, 0.29) is 27.9 Å². The molecule has 1 unspecified atom stereocenters. The molecule has 1 fully saturated rings. The number of piperidine rings is 1. The Morgan fingerprint density at radius 2 is 2.24 bits per heavy atom. The number of halogens is 2. The molecular formula is C13H17Cl2N3O2S. The van der Waals surface area contributed by atoms with Gasteiger partial charge in [-0.2, -0.15) is 5.26 Å². The van der Waals surface area contributed by atoms with E-state index in [4.69, 9.17) is 16.9 Å². The Hall–Kier alpha value is -0.840. The van der Waals surface area contributed by atoms with Crippen molar-refractivity contribution in [1.82, 2.24) is 10.0 Å². The molecule has 0 radical (unpaired) electrons. The number of rotatable bonds is 4. The van der Waals surface area contributed by atoms with Crippen molar-refractivity contribution in [1.29, 1.82) is 5.26 Å². The van der Waals surface area contributed by atoms with Crippen LogP contribution in [0, 0.1) is 17.2 Å². The van der Waals surface area contributed by atoms with Crippen molar-refractivity contribution in [2.24, 2.45) is 5.92 Å². The van der Waals surface area contributed by atoms with E-state index >= 15 is 0 Å². The number of nitrogens with zero attached hydrogens (tertiary/aromatic N) is 1. The molecule has 1 aliphatic rings. The molecule has 1 atom stereocenters. The molecule has 8 heteroatoms. The van der Waals surface area contributed by atoms with Crippen LogP contribution in [0.15, 0.2) is 23.1 Å². The van der Waals surface area contributed by atoms with Crippen molar-refractivity contribution in [2.75, 3.05) is 19.6 Å². The quantitative estimate of drug-likeness (QED) is 0.869. The lowest BCUT2D eigenvalue weighted by Crippen LogP contribution is -2.38. The van der Waals surface area contributed by atoms with E-state index in [2.05, 4.69) is 10.0 Å². The maximum atomic E-state index is 12.2. The van der Waals surface area contributed by atoms with Gasteiger partial charge in [0.1, 0.15) is 6.07 Å². The van der Waals surface area contributed by atoms with Gasteiger partial charge < -0.3 is 5.32 Å². The Morgan fingerprint density at radius 3 is 2.81 bits per heavy atom. The number of benzene rings is 1. The Balaban J connectivity index is 0.00000220. The summed E-state index contributed by atoms with van der Waals surface area (Å²) >= 11 is 5.86. The fraction of sp³-hybridized carbons (Fsp3) is 0.462. The fourth-order valence-electron chi connectivity index (χ4n) is 2.16. The minimum absolute atomic E-state index is 0. The first-order valence-electron chi connectivity index (χ1n) is 6.43. The van der Waals surface area contributed by atoms with Crippen LogP contribution in [0.5, 0.6) is 0 Å². The number of hydrogen-bond acceptors (Lipinski definition) is 4. The molecule has 0 aromatic heterocycles. The van der Waals surface area contributed by atoms with E-state index in [0.29, 0.717) is 12.5 Å². The summed E-state index contributed by atoms with van der Waals surface area (Å²) in [6.45, 7) is 2.23. The Bertz CT molecular complexity index is 623. The highest BCUT2D eigenvalue weighted by Gasteiger charge is 2.19. The summed E-state index contributed by atoms with van der Waals surface area (Å²) in [7, 11) is -3.58. The Labute approximate surface area is 136 Å². The predicted octanol–water partition coefficient (Wildman–Crippen LogP) is 1.91. The van der Waals surface area contributed by atoms with Crippen LogP contribution in [0.25, 0.3) is 0 Å². The molecule has 1 heterocycles. The van der Waals surface area contributed by atoms with Crippen molar-refractivity contribution in [3.05, 3.63) is 28.8 Å². The molecule has 2 rings (SSSR count).